The van der Waals surface area contributed by atoms with Gasteiger partial charge in [0, 0.05) is 19.0 Å². The molecule has 0 radical (unpaired) electrons. The number of nitrogens with zero attached hydrogens (tertiary/aromatic N) is 2. The van der Waals surface area contributed by atoms with E-state index in [1.165, 1.54) is 7.11 Å². The lowest BCUT2D eigenvalue weighted by atomic mass is 10.0. The van der Waals surface area contributed by atoms with Crippen LogP contribution in [0.1, 0.15) is 47.9 Å². The summed E-state index contributed by atoms with van der Waals surface area (Å²) in [5, 5.41) is 3.21. The van der Waals surface area contributed by atoms with Gasteiger partial charge in [-0.1, -0.05) is 90.7 Å². The van der Waals surface area contributed by atoms with E-state index in [9.17, 15) is 18.0 Å². The summed E-state index contributed by atoms with van der Waals surface area (Å²) in [6, 6.07) is 29.7. The highest BCUT2D eigenvalue weighted by Gasteiger charge is 2.35. The molecule has 1 aliphatic rings. The summed E-state index contributed by atoms with van der Waals surface area (Å²) in [6.07, 6.45) is 4.18. The fourth-order valence-electron chi connectivity index (χ4n) is 5.93. The van der Waals surface area contributed by atoms with Gasteiger partial charge in [-0.3, -0.25) is 13.9 Å². The summed E-state index contributed by atoms with van der Waals surface area (Å²) >= 11 is 0. The average molecular weight is 654 g/mol. The van der Waals surface area contributed by atoms with E-state index in [-0.39, 0.29) is 29.8 Å². The van der Waals surface area contributed by atoms with Crippen molar-refractivity contribution in [3.8, 4) is 5.75 Å². The molecule has 8 nitrogen and oxygen atoms in total. The van der Waals surface area contributed by atoms with Gasteiger partial charge in [-0.05, 0) is 74.2 Å². The second-order valence-electron chi connectivity index (χ2n) is 12.2. The van der Waals surface area contributed by atoms with Gasteiger partial charge < -0.3 is 15.0 Å². The number of amides is 2. The van der Waals surface area contributed by atoms with E-state index in [0.717, 1.165) is 52.2 Å². The van der Waals surface area contributed by atoms with Crippen molar-refractivity contribution < 1.29 is 22.7 Å². The molecule has 0 aliphatic heterocycles. The summed E-state index contributed by atoms with van der Waals surface area (Å²) in [4.78, 5) is 30.4. The molecular formula is C38H43N3O5S. The number of benzene rings is 4. The number of hydrogen-bond donors (Lipinski definition) is 1. The SMILES string of the molecule is COc1ccc(N(CC(=O)N(Cc2ccc(C)cc2)C(Cc2ccccc2)C(=O)NC2CCCC2)S(=O)(=O)c2ccc(C)cc2)cc1. The van der Waals surface area contributed by atoms with Crippen molar-refractivity contribution in [1.29, 1.82) is 0 Å². The van der Waals surface area contributed by atoms with Crippen LogP contribution in [0.3, 0.4) is 0 Å². The van der Waals surface area contributed by atoms with Gasteiger partial charge in [0.15, 0.2) is 0 Å². The van der Waals surface area contributed by atoms with Crippen LogP contribution in [-0.2, 0) is 32.6 Å². The van der Waals surface area contributed by atoms with Crippen LogP contribution in [0.4, 0.5) is 5.69 Å². The Morgan fingerprint density at radius 3 is 2.00 bits per heavy atom. The van der Waals surface area contributed by atoms with E-state index in [0.29, 0.717) is 11.4 Å². The molecule has 5 rings (SSSR count). The van der Waals surface area contributed by atoms with Gasteiger partial charge >= 0.3 is 0 Å². The van der Waals surface area contributed by atoms with Crippen molar-refractivity contribution in [2.75, 3.05) is 18.0 Å². The average Bonchev–Trinajstić information content (AvgIpc) is 3.59. The van der Waals surface area contributed by atoms with Gasteiger partial charge in [-0.15, -0.1) is 0 Å². The summed E-state index contributed by atoms with van der Waals surface area (Å²) in [6.45, 7) is 3.50. The summed E-state index contributed by atoms with van der Waals surface area (Å²) in [5.74, 6) is -0.168. The Hall–Kier alpha value is -4.63. The molecule has 0 bridgehead atoms. The van der Waals surface area contributed by atoms with Gasteiger partial charge in [0.05, 0.1) is 17.7 Å². The van der Waals surface area contributed by atoms with Crippen molar-refractivity contribution in [2.24, 2.45) is 0 Å². The monoisotopic (exact) mass is 653 g/mol. The zero-order valence-electron chi connectivity index (χ0n) is 27.3. The Bertz CT molecular complexity index is 1740. The molecule has 9 heteroatoms. The number of carbonyl (C=O) groups is 2. The minimum absolute atomic E-state index is 0.0508. The van der Waals surface area contributed by atoms with Crippen LogP contribution >= 0.6 is 0 Å². The number of hydrogen-bond acceptors (Lipinski definition) is 5. The van der Waals surface area contributed by atoms with Crippen LogP contribution in [0.2, 0.25) is 0 Å². The first kappa shape index (κ1) is 33.7. The predicted molar refractivity (Wildman–Crippen MR) is 185 cm³/mol. The molecule has 1 saturated carbocycles. The van der Waals surface area contributed by atoms with Crippen LogP contribution in [0.25, 0.3) is 0 Å². The number of aryl methyl sites for hydroxylation is 2. The Balaban J connectivity index is 1.56. The molecule has 1 fully saturated rings. The molecule has 4 aromatic rings. The van der Waals surface area contributed by atoms with Crippen molar-refractivity contribution in [3.63, 3.8) is 0 Å². The molecule has 1 unspecified atom stereocenters. The van der Waals surface area contributed by atoms with Crippen molar-refractivity contribution in [1.82, 2.24) is 10.2 Å². The van der Waals surface area contributed by atoms with E-state index >= 15 is 0 Å². The third kappa shape index (κ3) is 8.60. The molecule has 2 amide bonds. The van der Waals surface area contributed by atoms with E-state index in [1.807, 2.05) is 68.4 Å². The lowest BCUT2D eigenvalue weighted by molar-refractivity contribution is -0.140. The minimum atomic E-state index is -4.18. The summed E-state index contributed by atoms with van der Waals surface area (Å²) in [5.41, 5.74) is 4.04. The summed E-state index contributed by atoms with van der Waals surface area (Å²) < 4.78 is 34.9. The van der Waals surface area contributed by atoms with E-state index in [4.69, 9.17) is 4.74 Å². The van der Waals surface area contributed by atoms with E-state index in [1.54, 1.807) is 53.4 Å². The number of ether oxygens (including phenoxy) is 1. The highest BCUT2D eigenvalue weighted by Crippen LogP contribution is 2.27. The summed E-state index contributed by atoms with van der Waals surface area (Å²) in [7, 11) is -2.64. The molecule has 246 valence electrons. The van der Waals surface area contributed by atoms with Crippen molar-refractivity contribution >= 4 is 27.5 Å². The Labute approximate surface area is 278 Å². The normalized spacial score (nSPS) is 13.9. The highest BCUT2D eigenvalue weighted by molar-refractivity contribution is 7.92. The van der Waals surface area contributed by atoms with Crippen LogP contribution in [0.5, 0.6) is 5.75 Å². The number of rotatable bonds is 13. The predicted octanol–water partition coefficient (Wildman–Crippen LogP) is 6.21. The quantitative estimate of drug-likeness (QED) is 0.185. The third-order valence-electron chi connectivity index (χ3n) is 8.69. The van der Waals surface area contributed by atoms with E-state index in [2.05, 4.69) is 5.32 Å². The first-order valence-electron chi connectivity index (χ1n) is 16.1. The maximum Gasteiger partial charge on any atom is 0.264 e. The van der Waals surface area contributed by atoms with Crippen molar-refractivity contribution in [2.45, 2.75) is 69.5 Å². The Morgan fingerprint density at radius 1 is 0.809 bits per heavy atom. The standard InChI is InChI=1S/C38H43N3O5S/c1-28-13-17-31(18-14-28)26-40(36(25-30-9-5-4-6-10-30)38(43)39-32-11-7-8-12-32)37(42)27-41(33-19-21-34(46-3)22-20-33)47(44,45)35-23-15-29(2)16-24-35/h4-6,9-10,13-24,32,36H,7-8,11-12,25-27H2,1-3H3,(H,39,43). The fraction of sp³-hybridized carbons (Fsp3) is 0.316. The second kappa shape index (κ2) is 15.3. The van der Waals surface area contributed by atoms with Crippen molar-refractivity contribution in [3.05, 3.63) is 125 Å². The molecule has 0 aromatic heterocycles. The lowest BCUT2D eigenvalue weighted by Crippen LogP contribution is -2.54. The first-order chi connectivity index (χ1) is 22.6. The molecule has 1 N–H and O–H groups in total. The zero-order valence-corrected chi connectivity index (χ0v) is 28.1. The molecule has 1 aliphatic carbocycles. The lowest BCUT2D eigenvalue weighted by Gasteiger charge is -2.34. The molecule has 0 heterocycles. The first-order valence-corrected chi connectivity index (χ1v) is 17.5. The smallest absolute Gasteiger partial charge is 0.264 e. The molecule has 1 atom stereocenters. The largest absolute Gasteiger partial charge is 0.497 e. The second-order valence-corrected chi connectivity index (χ2v) is 14.1. The van der Waals surface area contributed by atoms with Gasteiger partial charge in [0.1, 0.15) is 18.3 Å². The molecular weight excluding hydrogens is 611 g/mol. The van der Waals surface area contributed by atoms with Gasteiger partial charge in [-0.25, -0.2) is 8.42 Å². The minimum Gasteiger partial charge on any atom is -0.497 e. The van der Waals surface area contributed by atoms with Crippen LogP contribution in [0, 0.1) is 13.8 Å². The number of anilines is 1. The number of sulfonamides is 1. The molecule has 0 spiro atoms. The number of carbonyl (C=O) groups excluding carboxylic acids is 2. The maximum atomic E-state index is 14.6. The number of methoxy groups -OCH3 is 1. The van der Waals surface area contributed by atoms with Gasteiger partial charge in [-0.2, -0.15) is 0 Å². The third-order valence-corrected chi connectivity index (χ3v) is 10.5. The van der Waals surface area contributed by atoms with E-state index < -0.39 is 28.5 Å². The maximum absolute atomic E-state index is 14.6. The van der Waals surface area contributed by atoms with Crippen LogP contribution in [-0.4, -0.2) is 50.9 Å². The molecule has 47 heavy (non-hydrogen) atoms. The molecule has 4 aromatic carbocycles. The van der Waals surface area contributed by atoms with Crippen LogP contribution in [0.15, 0.2) is 108 Å². The van der Waals surface area contributed by atoms with Crippen LogP contribution < -0.4 is 14.4 Å². The van der Waals surface area contributed by atoms with Gasteiger partial charge in [0.25, 0.3) is 10.0 Å². The zero-order chi connectivity index (χ0) is 33.4. The Morgan fingerprint density at radius 2 is 1.40 bits per heavy atom. The molecule has 0 saturated heterocycles. The Kier molecular flexibility index (Phi) is 11.0. The van der Waals surface area contributed by atoms with Gasteiger partial charge in [0.2, 0.25) is 11.8 Å². The fourth-order valence-corrected chi connectivity index (χ4v) is 7.34. The highest BCUT2D eigenvalue weighted by atomic mass is 32.2. The topological polar surface area (TPSA) is 96.0 Å². The number of nitrogens with one attached hydrogen (secondary N) is 1.